The lowest BCUT2D eigenvalue weighted by molar-refractivity contribution is 0.433. The van der Waals surface area contributed by atoms with E-state index in [9.17, 15) is 0 Å². The van der Waals surface area contributed by atoms with E-state index in [1.807, 2.05) is 31.2 Å². The molecule has 0 amide bonds. The molecule has 19 heavy (non-hydrogen) atoms. The molecule has 3 aromatic rings. The maximum absolute atomic E-state index is 5.90. The lowest BCUT2D eigenvalue weighted by atomic mass is 10.0. The van der Waals surface area contributed by atoms with Crippen LogP contribution >= 0.6 is 0 Å². The summed E-state index contributed by atoms with van der Waals surface area (Å²) < 4.78 is 5.28. The van der Waals surface area contributed by atoms with Gasteiger partial charge in [-0.1, -0.05) is 35.0 Å². The largest absolute Gasteiger partial charge is 0.380 e. The molecule has 2 N–H and O–H groups in total. The maximum atomic E-state index is 5.90. The van der Waals surface area contributed by atoms with Crippen LogP contribution in [0.4, 0.5) is 5.82 Å². The molecule has 0 saturated heterocycles. The van der Waals surface area contributed by atoms with Crippen molar-refractivity contribution in [3.63, 3.8) is 0 Å². The molecule has 0 spiro atoms. The Morgan fingerprint density at radius 2 is 1.89 bits per heavy atom. The number of hydrogen-bond donors (Lipinski definition) is 1. The van der Waals surface area contributed by atoms with E-state index in [0.29, 0.717) is 17.4 Å². The first kappa shape index (κ1) is 11.4. The predicted molar refractivity (Wildman–Crippen MR) is 72.1 cm³/mol. The van der Waals surface area contributed by atoms with Crippen molar-refractivity contribution >= 4 is 5.82 Å². The van der Waals surface area contributed by atoms with E-state index in [-0.39, 0.29) is 0 Å². The molecule has 2 heterocycles. The highest BCUT2D eigenvalue weighted by Gasteiger charge is 2.19. The molecule has 5 nitrogen and oxygen atoms in total. The van der Waals surface area contributed by atoms with E-state index in [1.165, 1.54) is 0 Å². The molecular weight excluding hydrogens is 240 g/mol. The van der Waals surface area contributed by atoms with Crippen LogP contribution in [-0.2, 0) is 0 Å². The van der Waals surface area contributed by atoms with Crippen LogP contribution in [0.2, 0.25) is 0 Å². The minimum absolute atomic E-state index is 0.341. The smallest absolute Gasteiger partial charge is 0.214 e. The number of nitrogens with zero attached hydrogens (tertiary/aromatic N) is 3. The summed E-state index contributed by atoms with van der Waals surface area (Å²) in [6, 6.07) is 9.71. The van der Waals surface area contributed by atoms with Crippen LogP contribution in [0.25, 0.3) is 22.7 Å². The van der Waals surface area contributed by atoms with Gasteiger partial charge in [-0.05, 0) is 18.6 Å². The second kappa shape index (κ2) is 4.53. The fourth-order valence-electron chi connectivity index (χ4n) is 1.95. The average Bonchev–Trinajstić information content (AvgIpc) is 2.82. The summed E-state index contributed by atoms with van der Waals surface area (Å²) in [6.07, 6.45) is 3.31. The molecule has 0 aliphatic rings. The molecule has 3 rings (SSSR count). The fraction of sp³-hybridized carbons (Fsp3) is 0.0714. The summed E-state index contributed by atoms with van der Waals surface area (Å²) in [7, 11) is 0. The van der Waals surface area contributed by atoms with E-state index in [4.69, 9.17) is 10.3 Å². The molecule has 0 aliphatic heterocycles. The minimum atomic E-state index is 0.341. The Bertz CT molecular complexity index is 706. The standard InChI is InChI=1S/C14H12N4O/c1-9-4-2-5-10(8-9)11-12(19-18-13(11)15)14-16-6-3-7-17-14/h2-8H,1H3,(H2,15,18). The van der Waals surface area contributed by atoms with Gasteiger partial charge in [0.15, 0.2) is 11.6 Å². The van der Waals surface area contributed by atoms with Crippen molar-refractivity contribution in [2.45, 2.75) is 6.92 Å². The van der Waals surface area contributed by atoms with Gasteiger partial charge in [0.05, 0.1) is 5.56 Å². The van der Waals surface area contributed by atoms with Gasteiger partial charge in [0.25, 0.3) is 0 Å². The van der Waals surface area contributed by atoms with Crippen LogP contribution < -0.4 is 5.73 Å². The van der Waals surface area contributed by atoms with Crippen molar-refractivity contribution in [3.05, 3.63) is 48.3 Å². The van der Waals surface area contributed by atoms with Crippen molar-refractivity contribution in [2.75, 3.05) is 5.73 Å². The van der Waals surface area contributed by atoms with E-state index in [2.05, 4.69) is 15.1 Å². The second-order valence-electron chi connectivity index (χ2n) is 4.21. The number of anilines is 1. The molecule has 0 radical (unpaired) electrons. The molecule has 2 aromatic heterocycles. The van der Waals surface area contributed by atoms with Crippen molar-refractivity contribution < 1.29 is 4.52 Å². The van der Waals surface area contributed by atoms with Gasteiger partial charge in [0, 0.05) is 12.4 Å². The predicted octanol–water partition coefficient (Wildman–Crippen LogP) is 2.69. The van der Waals surface area contributed by atoms with Gasteiger partial charge < -0.3 is 10.3 Å². The highest BCUT2D eigenvalue weighted by atomic mass is 16.5. The lowest BCUT2D eigenvalue weighted by Gasteiger charge is -2.02. The van der Waals surface area contributed by atoms with Gasteiger partial charge in [0.2, 0.25) is 5.76 Å². The van der Waals surface area contributed by atoms with Gasteiger partial charge >= 0.3 is 0 Å². The summed E-state index contributed by atoms with van der Waals surface area (Å²) in [5.41, 5.74) is 8.71. The molecule has 94 valence electrons. The first-order valence-corrected chi connectivity index (χ1v) is 5.85. The molecule has 0 fully saturated rings. The summed E-state index contributed by atoms with van der Waals surface area (Å²) >= 11 is 0. The van der Waals surface area contributed by atoms with Crippen LogP contribution in [0.5, 0.6) is 0 Å². The molecule has 0 saturated carbocycles. The van der Waals surface area contributed by atoms with Gasteiger partial charge in [-0.25, -0.2) is 9.97 Å². The third-order valence-corrected chi connectivity index (χ3v) is 2.79. The third-order valence-electron chi connectivity index (χ3n) is 2.79. The van der Waals surface area contributed by atoms with Crippen LogP contribution in [0, 0.1) is 6.92 Å². The van der Waals surface area contributed by atoms with Crippen LogP contribution in [0.3, 0.4) is 0 Å². The molecule has 1 aromatic carbocycles. The van der Waals surface area contributed by atoms with Crippen LogP contribution in [0.1, 0.15) is 5.56 Å². The number of hydrogen-bond acceptors (Lipinski definition) is 5. The van der Waals surface area contributed by atoms with Gasteiger partial charge in [-0.3, -0.25) is 0 Å². The van der Waals surface area contributed by atoms with Gasteiger partial charge in [-0.15, -0.1) is 0 Å². The quantitative estimate of drug-likeness (QED) is 0.758. The minimum Gasteiger partial charge on any atom is -0.380 e. The maximum Gasteiger partial charge on any atom is 0.214 e. The van der Waals surface area contributed by atoms with Crippen LogP contribution in [0.15, 0.2) is 47.2 Å². The Morgan fingerprint density at radius 1 is 1.11 bits per heavy atom. The van der Waals surface area contributed by atoms with Crippen molar-refractivity contribution in [3.8, 4) is 22.7 Å². The molecule has 0 atom stereocenters. The lowest BCUT2D eigenvalue weighted by Crippen LogP contribution is -1.91. The Hall–Kier alpha value is -2.69. The number of aromatic nitrogens is 3. The van der Waals surface area contributed by atoms with E-state index >= 15 is 0 Å². The summed E-state index contributed by atoms with van der Waals surface area (Å²) in [4.78, 5) is 8.34. The fourth-order valence-corrected chi connectivity index (χ4v) is 1.95. The van der Waals surface area contributed by atoms with E-state index in [0.717, 1.165) is 16.7 Å². The zero-order valence-corrected chi connectivity index (χ0v) is 10.4. The Labute approximate surface area is 110 Å². The van der Waals surface area contributed by atoms with E-state index < -0.39 is 0 Å². The monoisotopic (exact) mass is 252 g/mol. The number of aryl methyl sites for hydroxylation is 1. The third kappa shape index (κ3) is 2.06. The topological polar surface area (TPSA) is 77.8 Å². The van der Waals surface area contributed by atoms with Crippen molar-refractivity contribution in [1.82, 2.24) is 15.1 Å². The Morgan fingerprint density at radius 3 is 2.63 bits per heavy atom. The average molecular weight is 252 g/mol. The van der Waals surface area contributed by atoms with Crippen LogP contribution in [-0.4, -0.2) is 15.1 Å². The number of benzene rings is 1. The van der Waals surface area contributed by atoms with Gasteiger partial charge in [0.1, 0.15) is 0 Å². The molecule has 5 heteroatoms. The molecular formula is C14H12N4O. The normalized spacial score (nSPS) is 10.6. The molecule has 0 bridgehead atoms. The molecule has 0 aliphatic carbocycles. The second-order valence-corrected chi connectivity index (χ2v) is 4.21. The summed E-state index contributed by atoms with van der Waals surface area (Å²) in [5, 5.41) is 3.82. The van der Waals surface area contributed by atoms with Crippen molar-refractivity contribution in [1.29, 1.82) is 0 Å². The first-order valence-electron chi connectivity index (χ1n) is 5.85. The number of rotatable bonds is 2. The highest BCUT2D eigenvalue weighted by molar-refractivity contribution is 5.84. The van der Waals surface area contributed by atoms with Gasteiger partial charge in [-0.2, -0.15) is 0 Å². The number of nitrogens with two attached hydrogens (primary N) is 1. The highest BCUT2D eigenvalue weighted by Crippen LogP contribution is 2.34. The Balaban J connectivity index is 2.20. The summed E-state index contributed by atoms with van der Waals surface area (Å²) in [5.74, 6) is 1.31. The number of nitrogen functional groups attached to an aromatic ring is 1. The zero-order valence-electron chi connectivity index (χ0n) is 10.4. The van der Waals surface area contributed by atoms with Crippen molar-refractivity contribution in [2.24, 2.45) is 0 Å². The molecule has 0 unspecified atom stereocenters. The first-order chi connectivity index (χ1) is 9.25. The van der Waals surface area contributed by atoms with E-state index in [1.54, 1.807) is 18.5 Å². The summed E-state index contributed by atoms with van der Waals surface area (Å²) in [6.45, 7) is 2.02. The zero-order chi connectivity index (χ0) is 13.2. The Kier molecular flexibility index (Phi) is 2.72. The SMILES string of the molecule is Cc1cccc(-c2c(N)noc2-c2ncccn2)c1.